The second kappa shape index (κ2) is 6.91. The number of carbonyl (C=O) groups is 1. The van der Waals surface area contributed by atoms with Gasteiger partial charge in [-0.2, -0.15) is 13.2 Å². The van der Waals surface area contributed by atoms with E-state index in [1.54, 1.807) is 4.90 Å². The zero-order valence-electron chi connectivity index (χ0n) is 14.2. The van der Waals surface area contributed by atoms with Crippen molar-refractivity contribution in [2.45, 2.75) is 39.0 Å². The highest BCUT2D eigenvalue weighted by Crippen LogP contribution is 2.30. The number of alkyl halides is 3. The van der Waals surface area contributed by atoms with Crippen molar-refractivity contribution >= 4 is 11.8 Å². The molecule has 134 valence electrons. The minimum Gasteiger partial charge on any atom is -0.444 e. The number of rotatable bonds is 1. The molecule has 1 fully saturated rings. The van der Waals surface area contributed by atoms with Gasteiger partial charge in [0.15, 0.2) is 0 Å². The summed E-state index contributed by atoms with van der Waals surface area (Å²) in [5, 5.41) is 0. The van der Waals surface area contributed by atoms with Crippen LogP contribution in [0.1, 0.15) is 32.8 Å². The molecule has 1 aliphatic heterocycles. The minimum absolute atomic E-state index is 0.350. The number of hydrogen-bond donors (Lipinski definition) is 0. The van der Waals surface area contributed by atoms with E-state index in [-0.39, 0.29) is 6.09 Å². The Labute approximate surface area is 140 Å². The van der Waals surface area contributed by atoms with Gasteiger partial charge in [-0.3, -0.25) is 0 Å². The maximum atomic E-state index is 12.6. The predicted octanol–water partition coefficient (Wildman–Crippen LogP) is 4.15. The van der Waals surface area contributed by atoms with Crippen LogP contribution < -0.4 is 4.90 Å². The van der Waals surface area contributed by atoms with E-state index in [1.165, 1.54) is 12.1 Å². The molecule has 0 radical (unpaired) electrons. The second-order valence-corrected chi connectivity index (χ2v) is 6.85. The maximum Gasteiger partial charge on any atom is 0.416 e. The molecule has 0 unspecified atom stereocenters. The van der Waals surface area contributed by atoms with Gasteiger partial charge in [-0.15, -0.1) is 0 Å². The smallest absolute Gasteiger partial charge is 0.416 e. The van der Waals surface area contributed by atoms with Gasteiger partial charge >= 0.3 is 12.3 Å². The molecule has 1 aliphatic rings. The average molecular weight is 344 g/mol. The van der Waals surface area contributed by atoms with Gasteiger partial charge < -0.3 is 14.5 Å². The summed E-state index contributed by atoms with van der Waals surface area (Å²) in [6.45, 7) is 7.75. The summed E-state index contributed by atoms with van der Waals surface area (Å²) in [6, 6.07) is 5.13. The molecule has 1 aromatic carbocycles. The van der Waals surface area contributed by atoms with Gasteiger partial charge in [0, 0.05) is 31.9 Å². The fourth-order valence-electron chi connectivity index (χ4n) is 2.55. The Morgan fingerprint density at radius 2 is 1.62 bits per heavy atom. The van der Waals surface area contributed by atoms with Crippen molar-refractivity contribution in [2.24, 2.45) is 0 Å². The molecule has 0 atom stereocenters. The molecule has 1 heterocycles. The third-order valence-corrected chi connectivity index (χ3v) is 3.71. The van der Waals surface area contributed by atoms with Crippen LogP contribution in [0.4, 0.5) is 23.7 Å². The van der Waals surface area contributed by atoms with Crippen LogP contribution in [0.5, 0.6) is 0 Å². The predicted molar refractivity (Wildman–Crippen MR) is 86.1 cm³/mol. The van der Waals surface area contributed by atoms with Crippen LogP contribution in [0.15, 0.2) is 24.3 Å². The highest BCUT2D eigenvalue weighted by molar-refractivity contribution is 5.68. The highest BCUT2D eigenvalue weighted by Gasteiger charge is 2.30. The Bertz CT molecular complexity index is 565. The third-order valence-electron chi connectivity index (χ3n) is 3.71. The zero-order valence-corrected chi connectivity index (χ0v) is 14.2. The lowest BCUT2D eigenvalue weighted by molar-refractivity contribution is -0.137. The molecule has 0 spiro atoms. The number of amides is 1. The topological polar surface area (TPSA) is 32.8 Å². The van der Waals surface area contributed by atoms with Crippen LogP contribution in [0.25, 0.3) is 0 Å². The van der Waals surface area contributed by atoms with Crippen molar-refractivity contribution in [3.63, 3.8) is 0 Å². The van der Waals surface area contributed by atoms with E-state index in [2.05, 4.69) is 0 Å². The SMILES string of the molecule is CC(C)(C)OC(=O)N1CCCN(c2ccc(C(F)(F)F)cc2)CC1. The lowest BCUT2D eigenvalue weighted by atomic mass is 10.2. The average Bonchev–Trinajstić information content (AvgIpc) is 2.70. The van der Waals surface area contributed by atoms with Gasteiger partial charge in [-0.05, 0) is 51.5 Å². The number of halogens is 3. The summed E-state index contributed by atoms with van der Waals surface area (Å²) in [5.74, 6) is 0. The molecule has 4 nitrogen and oxygen atoms in total. The minimum atomic E-state index is -4.33. The number of nitrogens with zero attached hydrogens (tertiary/aromatic N) is 2. The number of benzene rings is 1. The van der Waals surface area contributed by atoms with E-state index >= 15 is 0 Å². The number of carbonyl (C=O) groups excluding carboxylic acids is 1. The zero-order chi connectivity index (χ0) is 18.0. The molecule has 0 saturated carbocycles. The molecule has 2 rings (SSSR count). The first-order valence-electron chi connectivity index (χ1n) is 7.96. The van der Waals surface area contributed by atoms with Crippen LogP contribution >= 0.6 is 0 Å². The van der Waals surface area contributed by atoms with Crippen LogP contribution in [0, 0.1) is 0 Å². The molecule has 24 heavy (non-hydrogen) atoms. The summed E-state index contributed by atoms with van der Waals surface area (Å²) >= 11 is 0. The largest absolute Gasteiger partial charge is 0.444 e. The summed E-state index contributed by atoms with van der Waals surface area (Å²) in [4.78, 5) is 15.8. The summed E-state index contributed by atoms with van der Waals surface area (Å²) in [7, 11) is 0. The third kappa shape index (κ3) is 5.04. The van der Waals surface area contributed by atoms with E-state index in [0.29, 0.717) is 26.2 Å². The Morgan fingerprint density at radius 1 is 1.00 bits per heavy atom. The van der Waals surface area contributed by atoms with Crippen LogP contribution in [-0.4, -0.2) is 42.8 Å². The Morgan fingerprint density at radius 3 is 2.17 bits per heavy atom. The van der Waals surface area contributed by atoms with Crippen molar-refractivity contribution in [1.29, 1.82) is 0 Å². The second-order valence-electron chi connectivity index (χ2n) is 6.85. The molecular weight excluding hydrogens is 321 g/mol. The molecule has 1 saturated heterocycles. The Kier molecular flexibility index (Phi) is 5.30. The lowest BCUT2D eigenvalue weighted by Crippen LogP contribution is -2.39. The van der Waals surface area contributed by atoms with Crippen molar-refractivity contribution in [1.82, 2.24) is 4.90 Å². The van der Waals surface area contributed by atoms with E-state index in [9.17, 15) is 18.0 Å². The molecular formula is C17H23F3N2O2. The first kappa shape index (κ1) is 18.4. The molecule has 0 bridgehead atoms. The summed E-state index contributed by atoms with van der Waals surface area (Å²) in [6.07, 6.45) is -3.94. The molecule has 0 aliphatic carbocycles. The van der Waals surface area contributed by atoms with Crippen molar-refractivity contribution in [2.75, 3.05) is 31.1 Å². The van der Waals surface area contributed by atoms with E-state index in [1.807, 2.05) is 25.7 Å². The van der Waals surface area contributed by atoms with Gasteiger partial charge in [0.05, 0.1) is 5.56 Å². The monoisotopic (exact) mass is 344 g/mol. The molecule has 0 N–H and O–H groups in total. The Hall–Kier alpha value is -1.92. The number of anilines is 1. The van der Waals surface area contributed by atoms with Crippen LogP contribution in [0.2, 0.25) is 0 Å². The molecule has 0 aromatic heterocycles. The first-order valence-corrected chi connectivity index (χ1v) is 7.96. The summed E-state index contributed by atoms with van der Waals surface area (Å²) < 4.78 is 43.3. The fourth-order valence-corrected chi connectivity index (χ4v) is 2.55. The quantitative estimate of drug-likeness (QED) is 0.767. The Balaban J connectivity index is 1.99. The van der Waals surface area contributed by atoms with E-state index in [0.717, 1.165) is 24.2 Å². The van der Waals surface area contributed by atoms with Gasteiger partial charge in [-0.25, -0.2) is 4.79 Å². The van der Waals surface area contributed by atoms with E-state index in [4.69, 9.17) is 4.74 Å². The maximum absolute atomic E-state index is 12.6. The van der Waals surface area contributed by atoms with Crippen LogP contribution in [0.3, 0.4) is 0 Å². The fraction of sp³-hybridized carbons (Fsp3) is 0.588. The number of ether oxygens (including phenoxy) is 1. The molecule has 1 aromatic rings. The standard InChI is InChI=1S/C17H23F3N2O2/c1-16(2,3)24-15(23)22-10-4-9-21(11-12-22)14-7-5-13(6-8-14)17(18,19)20/h5-8H,4,9-12H2,1-3H3. The first-order chi connectivity index (χ1) is 11.1. The van der Waals surface area contributed by atoms with Crippen molar-refractivity contribution < 1.29 is 22.7 Å². The van der Waals surface area contributed by atoms with Gasteiger partial charge in [0.1, 0.15) is 5.60 Å². The lowest BCUT2D eigenvalue weighted by Gasteiger charge is -2.27. The van der Waals surface area contributed by atoms with Gasteiger partial charge in [0.25, 0.3) is 0 Å². The van der Waals surface area contributed by atoms with Crippen LogP contribution in [-0.2, 0) is 10.9 Å². The highest BCUT2D eigenvalue weighted by atomic mass is 19.4. The molecule has 7 heteroatoms. The van der Waals surface area contributed by atoms with Crippen molar-refractivity contribution in [3.8, 4) is 0 Å². The number of hydrogen-bond acceptors (Lipinski definition) is 3. The van der Waals surface area contributed by atoms with Gasteiger partial charge in [-0.1, -0.05) is 0 Å². The normalized spacial score (nSPS) is 16.8. The van der Waals surface area contributed by atoms with E-state index < -0.39 is 17.3 Å². The van der Waals surface area contributed by atoms with Gasteiger partial charge in [0.2, 0.25) is 0 Å². The summed E-state index contributed by atoms with van der Waals surface area (Å²) in [5.41, 5.74) is -0.471. The molecule has 1 amide bonds. The van der Waals surface area contributed by atoms with Crippen molar-refractivity contribution in [3.05, 3.63) is 29.8 Å².